The predicted octanol–water partition coefficient (Wildman–Crippen LogP) is 1.78. The normalized spacial score (nSPS) is 17.2. The molecule has 0 bridgehead atoms. The smallest absolute Gasteiger partial charge is 0.236 e. The van der Waals surface area contributed by atoms with E-state index in [2.05, 4.69) is 10.5 Å². The molecule has 1 N–H and O–H groups in total. The molecule has 0 saturated heterocycles. The summed E-state index contributed by atoms with van der Waals surface area (Å²) in [5, 5.41) is 5.38. The molecule has 5 nitrogen and oxygen atoms in total. The monoisotopic (exact) mass is 230 g/mol. The van der Waals surface area contributed by atoms with Gasteiger partial charge in [0.25, 0.3) is 0 Å². The highest BCUT2D eigenvalue weighted by Crippen LogP contribution is 2.21. The van der Waals surface area contributed by atoms with Gasteiger partial charge in [-0.15, -0.1) is 4.91 Å². The zero-order valence-corrected chi connectivity index (χ0v) is 9.14. The fourth-order valence-corrected chi connectivity index (χ4v) is 1.52. The van der Waals surface area contributed by atoms with E-state index in [1.807, 2.05) is 30.3 Å². The van der Waals surface area contributed by atoms with Gasteiger partial charge in [0, 0.05) is 0 Å². The Labute approximate surface area is 97.8 Å². The van der Waals surface area contributed by atoms with Crippen LogP contribution in [0.15, 0.2) is 52.8 Å². The average molecular weight is 230 g/mol. The predicted molar refractivity (Wildman–Crippen MR) is 62.4 cm³/mol. The van der Waals surface area contributed by atoms with Crippen LogP contribution in [-0.4, -0.2) is 12.9 Å². The summed E-state index contributed by atoms with van der Waals surface area (Å²) in [5.74, 6) is -0.368. The van der Waals surface area contributed by atoms with Crippen LogP contribution in [0.5, 0.6) is 0 Å². The Kier molecular flexibility index (Phi) is 3.00. The number of hydrogen-bond donors (Lipinski definition) is 1. The van der Waals surface area contributed by atoms with Crippen molar-refractivity contribution in [1.29, 1.82) is 0 Å². The van der Waals surface area contributed by atoms with Gasteiger partial charge in [0.15, 0.2) is 0 Å². The van der Waals surface area contributed by atoms with Crippen molar-refractivity contribution < 1.29 is 9.53 Å². The summed E-state index contributed by atoms with van der Waals surface area (Å²) < 4.78 is 4.87. The fraction of sp³-hybridized carbons (Fsp3) is 0.0833. The maximum absolute atomic E-state index is 11.7. The lowest BCUT2D eigenvalue weighted by atomic mass is 10.1. The maximum Gasteiger partial charge on any atom is 0.236 e. The number of Topliss-reactive ketones (excluding diaryl/α,β-unsaturated/α-hetero) is 1. The van der Waals surface area contributed by atoms with E-state index in [4.69, 9.17) is 4.74 Å². The summed E-state index contributed by atoms with van der Waals surface area (Å²) in [6.07, 6.45) is 1.64. The molecule has 0 radical (unpaired) electrons. The van der Waals surface area contributed by atoms with E-state index in [9.17, 15) is 9.70 Å². The standard InChI is InChI=1S/C12H10N2O3/c1-17-12-10(14-16)11(15)9(13-12)7-8-5-3-2-4-6-8/h2-7,13H,1H3/b9-7-. The van der Waals surface area contributed by atoms with Crippen LogP contribution >= 0.6 is 0 Å². The molecule has 1 aromatic rings. The van der Waals surface area contributed by atoms with Crippen molar-refractivity contribution in [2.24, 2.45) is 5.18 Å². The van der Waals surface area contributed by atoms with Crippen molar-refractivity contribution in [2.75, 3.05) is 7.11 Å². The van der Waals surface area contributed by atoms with Crippen molar-refractivity contribution in [1.82, 2.24) is 5.32 Å². The van der Waals surface area contributed by atoms with E-state index in [-0.39, 0.29) is 17.3 Å². The number of rotatable bonds is 3. The van der Waals surface area contributed by atoms with Crippen LogP contribution < -0.4 is 5.32 Å². The summed E-state index contributed by atoms with van der Waals surface area (Å²) in [6.45, 7) is 0. The number of ether oxygens (including phenoxy) is 1. The zero-order valence-electron chi connectivity index (χ0n) is 9.14. The highest BCUT2D eigenvalue weighted by Gasteiger charge is 2.30. The molecule has 2 rings (SSSR count). The van der Waals surface area contributed by atoms with Crippen molar-refractivity contribution in [3.05, 3.63) is 58.1 Å². The molecule has 0 aliphatic carbocycles. The molecule has 0 aromatic heterocycles. The Morgan fingerprint density at radius 1 is 1.29 bits per heavy atom. The van der Waals surface area contributed by atoms with Gasteiger partial charge >= 0.3 is 0 Å². The van der Waals surface area contributed by atoms with Crippen molar-refractivity contribution in [3.63, 3.8) is 0 Å². The Morgan fingerprint density at radius 3 is 2.53 bits per heavy atom. The summed E-state index contributed by atoms with van der Waals surface area (Å²) in [7, 11) is 1.37. The molecule has 0 amide bonds. The number of ketones is 1. The van der Waals surface area contributed by atoms with Crippen LogP contribution in [-0.2, 0) is 9.53 Å². The third-order valence-corrected chi connectivity index (χ3v) is 2.33. The minimum Gasteiger partial charge on any atom is -0.481 e. The Hall–Kier alpha value is -2.43. The molecule has 86 valence electrons. The SMILES string of the molecule is COC1=C(N=O)C(=O)/C(=C/c2ccccc2)N1. The Balaban J connectivity index is 2.31. The van der Waals surface area contributed by atoms with E-state index >= 15 is 0 Å². The molecule has 0 saturated carbocycles. The second kappa shape index (κ2) is 4.61. The molecule has 1 aliphatic rings. The summed E-state index contributed by atoms with van der Waals surface area (Å²) in [6, 6.07) is 9.29. The fourth-order valence-electron chi connectivity index (χ4n) is 1.52. The molecule has 1 heterocycles. The first-order valence-corrected chi connectivity index (χ1v) is 4.96. The number of benzene rings is 1. The third-order valence-electron chi connectivity index (χ3n) is 2.33. The van der Waals surface area contributed by atoms with Crippen LogP contribution in [0.2, 0.25) is 0 Å². The first-order valence-electron chi connectivity index (χ1n) is 4.96. The van der Waals surface area contributed by atoms with Gasteiger partial charge < -0.3 is 10.1 Å². The van der Waals surface area contributed by atoms with E-state index in [1.54, 1.807) is 6.08 Å². The van der Waals surface area contributed by atoms with Crippen LogP contribution in [0.25, 0.3) is 6.08 Å². The molecule has 1 aromatic carbocycles. The van der Waals surface area contributed by atoms with Crippen LogP contribution in [0, 0.1) is 4.91 Å². The molecule has 1 aliphatic heterocycles. The molecule has 0 atom stereocenters. The summed E-state index contributed by atoms with van der Waals surface area (Å²) in [4.78, 5) is 22.3. The van der Waals surface area contributed by atoms with Crippen molar-refractivity contribution in [3.8, 4) is 0 Å². The number of hydrogen-bond acceptors (Lipinski definition) is 5. The average Bonchev–Trinajstić information content (AvgIpc) is 2.67. The number of nitrogens with one attached hydrogen (secondary N) is 1. The molecule has 5 heteroatoms. The molecule has 0 fully saturated rings. The third kappa shape index (κ3) is 2.08. The van der Waals surface area contributed by atoms with Crippen LogP contribution in [0.3, 0.4) is 0 Å². The number of nitroso groups, excluding NO2 is 1. The number of nitrogens with zero attached hydrogens (tertiary/aromatic N) is 1. The molecule has 17 heavy (non-hydrogen) atoms. The van der Waals surface area contributed by atoms with Gasteiger partial charge in [0.05, 0.1) is 12.8 Å². The lowest BCUT2D eigenvalue weighted by Gasteiger charge is -2.01. The van der Waals surface area contributed by atoms with Gasteiger partial charge in [-0.1, -0.05) is 30.3 Å². The first kappa shape index (κ1) is 11.1. The molecule has 0 spiro atoms. The minimum atomic E-state index is -0.458. The van der Waals surface area contributed by atoms with Gasteiger partial charge in [-0.25, -0.2) is 0 Å². The number of carbonyl (C=O) groups is 1. The lowest BCUT2D eigenvalue weighted by molar-refractivity contribution is -0.112. The van der Waals surface area contributed by atoms with E-state index in [0.717, 1.165) is 5.56 Å². The Morgan fingerprint density at radius 2 is 2.00 bits per heavy atom. The van der Waals surface area contributed by atoms with Crippen molar-refractivity contribution >= 4 is 11.9 Å². The quantitative estimate of drug-likeness (QED) is 0.634. The molecular formula is C12H10N2O3. The number of carbonyl (C=O) groups excluding carboxylic acids is 1. The first-order chi connectivity index (χ1) is 8.26. The second-order valence-electron chi connectivity index (χ2n) is 3.40. The van der Waals surface area contributed by atoms with E-state index in [0.29, 0.717) is 0 Å². The molecular weight excluding hydrogens is 220 g/mol. The lowest BCUT2D eigenvalue weighted by Crippen LogP contribution is -2.10. The van der Waals surface area contributed by atoms with Gasteiger partial charge in [-0.3, -0.25) is 4.79 Å². The largest absolute Gasteiger partial charge is 0.481 e. The summed E-state index contributed by atoms with van der Waals surface area (Å²) in [5.41, 5.74) is 0.906. The highest BCUT2D eigenvalue weighted by molar-refractivity contribution is 6.13. The van der Waals surface area contributed by atoms with E-state index in [1.165, 1.54) is 7.11 Å². The number of methoxy groups -OCH3 is 1. The molecule has 0 unspecified atom stereocenters. The topological polar surface area (TPSA) is 67.8 Å². The van der Waals surface area contributed by atoms with Gasteiger partial charge in [0.2, 0.25) is 17.4 Å². The van der Waals surface area contributed by atoms with Crippen LogP contribution in [0.1, 0.15) is 5.56 Å². The highest BCUT2D eigenvalue weighted by atomic mass is 16.5. The van der Waals surface area contributed by atoms with Gasteiger partial charge in [0.1, 0.15) is 0 Å². The summed E-state index contributed by atoms with van der Waals surface area (Å²) >= 11 is 0. The van der Waals surface area contributed by atoms with Gasteiger partial charge in [-0.05, 0) is 16.8 Å². The maximum atomic E-state index is 11.7. The Bertz CT molecular complexity index is 518. The van der Waals surface area contributed by atoms with Crippen molar-refractivity contribution in [2.45, 2.75) is 0 Å². The van der Waals surface area contributed by atoms with Gasteiger partial charge in [-0.2, -0.15) is 0 Å². The van der Waals surface area contributed by atoms with Crippen LogP contribution in [0.4, 0.5) is 0 Å². The minimum absolute atomic E-state index is 0.0900. The van der Waals surface area contributed by atoms with E-state index < -0.39 is 5.78 Å². The zero-order chi connectivity index (χ0) is 12.3. The second-order valence-corrected chi connectivity index (χ2v) is 3.40.